The summed E-state index contributed by atoms with van der Waals surface area (Å²) in [6, 6.07) is 0.332. The Morgan fingerprint density at radius 1 is 1.29 bits per heavy atom. The summed E-state index contributed by atoms with van der Waals surface area (Å²) in [5.74, 6) is 0.399. The fourth-order valence-corrected chi connectivity index (χ4v) is 1.43. The second-order valence-electron chi connectivity index (χ2n) is 4.36. The third kappa shape index (κ3) is 5.35. The van der Waals surface area contributed by atoms with Gasteiger partial charge in [-0.25, -0.2) is 0 Å². The fraction of sp³-hybridized carbons (Fsp3) is 0.909. The van der Waals surface area contributed by atoms with Crippen LogP contribution in [0.2, 0.25) is 0 Å². The van der Waals surface area contributed by atoms with Crippen molar-refractivity contribution >= 4 is 5.78 Å². The number of hydrogen-bond donors (Lipinski definition) is 2. The van der Waals surface area contributed by atoms with Crippen LogP contribution in [0.1, 0.15) is 40.5 Å². The Labute approximate surface area is 87.4 Å². The Morgan fingerprint density at radius 3 is 2.21 bits per heavy atom. The highest BCUT2D eigenvalue weighted by atomic mass is 16.1. The van der Waals surface area contributed by atoms with Crippen LogP contribution in [0.25, 0.3) is 0 Å². The zero-order valence-electron chi connectivity index (χ0n) is 9.84. The van der Waals surface area contributed by atoms with Crippen molar-refractivity contribution < 1.29 is 4.79 Å². The molecule has 0 heterocycles. The number of hydrogen-bond acceptors (Lipinski definition) is 3. The van der Waals surface area contributed by atoms with Gasteiger partial charge in [-0.3, -0.25) is 4.79 Å². The van der Waals surface area contributed by atoms with Gasteiger partial charge < -0.3 is 11.1 Å². The van der Waals surface area contributed by atoms with Crippen LogP contribution in [0.5, 0.6) is 0 Å². The summed E-state index contributed by atoms with van der Waals surface area (Å²) < 4.78 is 0. The van der Waals surface area contributed by atoms with Crippen LogP contribution < -0.4 is 11.1 Å². The molecule has 0 aromatic rings. The maximum absolute atomic E-state index is 11.8. The van der Waals surface area contributed by atoms with Crippen LogP contribution in [0.3, 0.4) is 0 Å². The quantitative estimate of drug-likeness (QED) is 0.651. The summed E-state index contributed by atoms with van der Waals surface area (Å²) in [4.78, 5) is 11.8. The van der Waals surface area contributed by atoms with Crippen LogP contribution in [0.4, 0.5) is 0 Å². The number of ketones is 1. The van der Waals surface area contributed by atoms with E-state index >= 15 is 0 Å². The number of nitrogens with one attached hydrogen (secondary N) is 1. The van der Waals surface area contributed by atoms with Crippen LogP contribution in [-0.2, 0) is 4.79 Å². The van der Waals surface area contributed by atoms with Gasteiger partial charge in [0.15, 0.2) is 5.78 Å². The van der Waals surface area contributed by atoms with E-state index in [1.807, 2.05) is 13.8 Å². The Morgan fingerprint density at radius 2 is 1.86 bits per heavy atom. The van der Waals surface area contributed by atoms with Gasteiger partial charge in [-0.15, -0.1) is 0 Å². The average molecular weight is 200 g/mol. The van der Waals surface area contributed by atoms with Crippen molar-refractivity contribution in [1.82, 2.24) is 5.32 Å². The van der Waals surface area contributed by atoms with E-state index in [1.165, 1.54) is 0 Å². The minimum Gasteiger partial charge on any atom is -0.330 e. The average Bonchev–Trinajstić information content (AvgIpc) is 2.10. The lowest BCUT2D eigenvalue weighted by Gasteiger charge is -2.21. The van der Waals surface area contributed by atoms with Gasteiger partial charge in [0.1, 0.15) is 0 Å². The van der Waals surface area contributed by atoms with Gasteiger partial charge in [-0.2, -0.15) is 0 Å². The molecule has 84 valence electrons. The van der Waals surface area contributed by atoms with Crippen molar-refractivity contribution in [2.45, 2.75) is 52.6 Å². The first kappa shape index (κ1) is 13.6. The molecule has 0 rings (SSSR count). The van der Waals surface area contributed by atoms with Gasteiger partial charge in [0.25, 0.3) is 0 Å². The second kappa shape index (κ2) is 6.96. The van der Waals surface area contributed by atoms with Crippen LogP contribution in [0.15, 0.2) is 0 Å². The van der Waals surface area contributed by atoms with E-state index in [4.69, 9.17) is 5.73 Å². The summed E-state index contributed by atoms with van der Waals surface area (Å²) in [6.45, 7) is 8.66. The Balaban J connectivity index is 4.15. The van der Waals surface area contributed by atoms with Crippen molar-refractivity contribution in [2.24, 2.45) is 11.7 Å². The minimum atomic E-state index is -0.0152. The van der Waals surface area contributed by atoms with E-state index < -0.39 is 0 Å². The summed E-state index contributed by atoms with van der Waals surface area (Å²) in [5.41, 5.74) is 5.44. The molecule has 0 fully saturated rings. The fourth-order valence-electron chi connectivity index (χ4n) is 1.43. The SMILES string of the molecule is CC(C)NC(CCCN)C(=O)C(C)C. The Hall–Kier alpha value is -0.410. The van der Waals surface area contributed by atoms with Crippen LogP contribution in [-0.4, -0.2) is 24.4 Å². The molecular weight excluding hydrogens is 176 g/mol. The third-order valence-electron chi connectivity index (χ3n) is 2.14. The summed E-state index contributed by atoms with van der Waals surface area (Å²) >= 11 is 0. The molecule has 1 atom stereocenters. The van der Waals surface area contributed by atoms with E-state index in [0.29, 0.717) is 18.4 Å². The first-order chi connectivity index (χ1) is 6.49. The molecule has 0 radical (unpaired) electrons. The molecule has 14 heavy (non-hydrogen) atoms. The lowest BCUT2D eigenvalue weighted by Crippen LogP contribution is -2.43. The first-order valence-electron chi connectivity index (χ1n) is 5.48. The van der Waals surface area contributed by atoms with E-state index in [2.05, 4.69) is 19.2 Å². The summed E-state index contributed by atoms with van der Waals surface area (Å²) in [7, 11) is 0. The predicted octanol–water partition coefficient (Wildman–Crippen LogP) is 1.32. The normalized spacial score (nSPS) is 13.6. The zero-order chi connectivity index (χ0) is 11.1. The second-order valence-corrected chi connectivity index (χ2v) is 4.36. The predicted molar refractivity (Wildman–Crippen MR) is 60.2 cm³/mol. The molecule has 0 aliphatic heterocycles. The molecule has 0 spiro atoms. The molecule has 0 saturated heterocycles. The number of Topliss-reactive ketones (excluding diaryl/α,β-unsaturated/α-hetero) is 1. The van der Waals surface area contributed by atoms with Gasteiger partial charge in [0, 0.05) is 12.0 Å². The molecular formula is C11H24N2O. The van der Waals surface area contributed by atoms with Crippen molar-refractivity contribution in [2.75, 3.05) is 6.54 Å². The molecule has 0 aliphatic carbocycles. The third-order valence-corrected chi connectivity index (χ3v) is 2.14. The van der Waals surface area contributed by atoms with Gasteiger partial charge in [-0.05, 0) is 19.4 Å². The maximum Gasteiger partial charge on any atom is 0.152 e. The van der Waals surface area contributed by atoms with Gasteiger partial charge in [0.05, 0.1) is 6.04 Å². The van der Waals surface area contributed by atoms with E-state index in [-0.39, 0.29) is 12.0 Å². The smallest absolute Gasteiger partial charge is 0.152 e. The molecule has 3 nitrogen and oxygen atoms in total. The number of carbonyl (C=O) groups excluding carboxylic acids is 1. The summed E-state index contributed by atoms with van der Waals surface area (Å²) in [5, 5.41) is 3.29. The molecule has 0 aromatic carbocycles. The lowest BCUT2D eigenvalue weighted by atomic mass is 9.97. The topological polar surface area (TPSA) is 55.1 Å². The van der Waals surface area contributed by atoms with Gasteiger partial charge in [0.2, 0.25) is 0 Å². The number of nitrogens with two attached hydrogens (primary N) is 1. The van der Waals surface area contributed by atoms with Crippen molar-refractivity contribution in [3.8, 4) is 0 Å². The molecule has 0 bridgehead atoms. The van der Waals surface area contributed by atoms with Crippen molar-refractivity contribution in [1.29, 1.82) is 0 Å². The molecule has 0 saturated carbocycles. The highest BCUT2D eigenvalue weighted by Crippen LogP contribution is 2.06. The maximum atomic E-state index is 11.8. The molecule has 3 N–H and O–H groups in total. The minimum absolute atomic E-state index is 0.0152. The van der Waals surface area contributed by atoms with E-state index in [0.717, 1.165) is 12.8 Å². The lowest BCUT2D eigenvalue weighted by molar-refractivity contribution is -0.124. The highest BCUT2D eigenvalue weighted by Gasteiger charge is 2.20. The number of rotatable bonds is 7. The van der Waals surface area contributed by atoms with Crippen LogP contribution in [0, 0.1) is 5.92 Å². The van der Waals surface area contributed by atoms with Gasteiger partial charge >= 0.3 is 0 Å². The van der Waals surface area contributed by atoms with E-state index in [1.54, 1.807) is 0 Å². The summed E-state index contributed by atoms with van der Waals surface area (Å²) in [6.07, 6.45) is 1.76. The molecule has 0 aromatic heterocycles. The van der Waals surface area contributed by atoms with Gasteiger partial charge in [-0.1, -0.05) is 27.7 Å². The first-order valence-corrected chi connectivity index (χ1v) is 5.48. The molecule has 0 amide bonds. The number of carbonyl (C=O) groups is 1. The molecule has 3 heteroatoms. The molecule has 1 unspecified atom stereocenters. The monoisotopic (exact) mass is 200 g/mol. The van der Waals surface area contributed by atoms with Crippen molar-refractivity contribution in [3.63, 3.8) is 0 Å². The highest BCUT2D eigenvalue weighted by molar-refractivity contribution is 5.85. The van der Waals surface area contributed by atoms with Crippen molar-refractivity contribution in [3.05, 3.63) is 0 Å². The Kier molecular flexibility index (Phi) is 6.75. The van der Waals surface area contributed by atoms with Crippen LogP contribution >= 0.6 is 0 Å². The standard InChI is InChI=1S/C11H24N2O/c1-8(2)11(14)10(6-5-7-12)13-9(3)4/h8-10,13H,5-7,12H2,1-4H3. The zero-order valence-corrected chi connectivity index (χ0v) is 9.84. The Bertz CT molecular complexity index is 167. The molecule has 0 aliphatic rings. The van der Waals surface area contributed by atoms with E-state index in [9.17, 15) is 4.79 Å². The largest absolute Gasteiger partial charge is 0.330 e.